The second-order valence-corrected chi connectivity index (χ2v) is 19.6. The van der Waals surface area contributed by atoms with Gasteiger partial charge in [0.2, 0.25) is 5.91 Å². The minimum absolute atomic E-state index is 0.0174. The molecular formula is C59H111NO5. The molecule has 0 bridgehead atoms. The number of hydrogen-bond donors (Lipinski definition) is 3. The number of carbonyl (C=O) groups excluding carboxylic acids is 2. The molecule has 0 aliphatic carbocycles. The van der Waals surface area contributed by atoms with Crippen molar-refractivity contribution < 1.29 is 24.5 Å². The lowest BCUT2D eigenvalue weighted by atomic mass is 10.0. The van der Waals surface area contributed by atoms with Gasteiger partial charge in [0.25, 0.3) is 0 Å². The van der Waals surface area contributed by atoms with Crippen LogP contribution in [0.3, 0.4) is 0 Å². The van der Waals surface area contributed by atoms with Crippen LogP contribution in [0.2, 0.25) is 0 Å². The average Bonchev–Trinajstić information content (AvgIpc) is 3.31. The summed E-state index contributed by atoms with van der Waals surface area (Å²) in [5, 5.41) is 23.1. The van der Waals surface area contributed by atoms with Gasteiger partial charge in [-0.25, -0.2) is 0 Å². The van der Waals surface area contributed by atoms with E-state index in [0.717, 1.165) is 70.6 Å². The van der Waals surface area contributed by atoms with E-state index in [4.69, 9.17) is 4.74 Å². The zero-order valence-electron chi connectivity index (χ0n) is 43.5. The van der Waals surface area contributed by atoms with Crippen LogP contribution in [0.15, 0.2) is 36.5 Å². The Kier molecular flexibility index (Phi) is 53.1. The Labute approximate surface area is 404 Å². The van der Waals surface area contributed by atoms with Crippen molar-refractivity contribution in [3.63, 3.8) is 0 Å². The molecule has 6 heteroatoms. The van der Waals surface area contributed by atoms with Crippen LogP contribution in [0, 0.1) is 0 Å². The van der Waals surface area contributed by atoms with Crippen LogP contribution in [0.4, 0.5) is 0 Å². The lowest BCUT2D eigenvalue weighted by molar-refractivity contribution is -0.143. The topological polar surface area (TPSA) is 95.9 Å². The molecule has 0 aliphatic heterocycles. The summed E-state index contributed by atoms with van der Waals surface area (Å²) in [6, 6.07) is -0.649. The minimum atomic E-state index is -0.862. The molecule has 0 saturated carbocycles. The highest BCUT2D eigenvalue weighted by atomic mass is 16.5. The third kappa shape index (κ3) is 51.3. The molecule has 1 amide bonds. The predicted molar refractivity (Wildman–Crippen MR) is 283 cm³/mol. The molecule has 382 valence electrons. The number of amides is 1. The maximum Gasteiger partial charge on any atom is 0.305 e. The summed E-state index contributed by atoms with van der Waals surface area (Å²) in [7, 11) is 0. The van der Waals surface area contributed by atoms with Crippen LogP contribution in [0.5, 0.6) is 0 Å². The van der Waals surface area contributed by atoms with Gasteiger partial charge in [0.15, 0.2) is 0 Å². The number of ether oxygens (including phenoxy) is 1. The second-order valence-electron chi connectivity index (χ2n) is 19.6. The minimum Gasteiger partial charge on any atom is -0.466 e. The van der Waals surface area contributed by atoms with Crippen LogP contribution in [-0.2, 0) is 14.3 Å². The molecule has 0 spiro atoms. The standard InChI is InChI=1S/C59H111NO5/c1-3-5-7-9-11-13-15-17-19-21-23-24-27-31-35-39-43-47-51-57(62)56(55-61)60-58(63)52-48-44-40-36-32-28-26-30-34-38-42-46-50-54-65-59(64)53-49-45-41-37-33-29-25-22-20-18-16-14-12-10-8-6-4-2/h18,20,28,32,47,51,56-57,61-62H,3-17,19,21-27,29-31,33-46,48-50,52-55H2,1-2H3,(H,60,63)/b20-18-,32-28-,51-47+. The summed E-state index contributed by atoms with van der Waals surface area (Å²) < 4.78 is 5.47. The van der Waals surface area contributed by atoms with Crippen LogP contribution in [0.25, 0.3) is 0 Å². The highest BCUT2D eigenvalue weighted by molar-refractivity contribution is 5.76. The van der Waals surface area contributed by atoms with Gasteiger partial charge in [-0.05, 0) is 83.5 Å². The molecule has 6 nitrogen and oxygen atoms in total. The van der Waals surface area contributed by atoms with Crippen molar-refractivity contribution in [3.05, 3.63) is 36.5 Å². The molecule has 2 unspecified atom stereocenters. The Morgan fingerprint density at radius 2 is 0.723 bits per heavy atom. The summed E-state index contributed by atoms with van der Waals surface area (Å²) in [6.45, 7) is 4.86. The molecule has 0 aromatic rings. The van der Waals surface area contributed by atoms with Gasteiger partial charge >= 0.3 is 5.97 Å². The number of allylic oxidation sites excluding steroid dienone is 5. The first-order chi connectivity index (χ1) is 32.0. The first-order valence-corrected chi connectivity index (χ1v) is 28.8. The van der Waals surface area contributed by atoms with Crippen molar-refractivity contribution in [2.75, 3.05) is 13.2 Å². The lowest BCUT2D eigenvalue weighted by Gasteiger charge is -2.19. The lowest BCUT2D eigenvalue weighted by Crippen LogP contribution is -2.45. The van der Waals surface area contributed by atoms with E-state index in [1.807, 2.05) is 6.08 Å². The molecule has 3 N–H and O–H groups in total. The maximum absolute atomic E-state index is 12.5. The molecular weight excluding hydrogens is 803 g/mol. The summed E-state index contributed by atoms with van der Waals surface area (Å²) in [6.07, 6.45) is 67.3. The number of carbonyl (C=O) groups is 2. The first-order valence-electron chi connectivity index (χ1n) is 28.8. The van der Waals surface area contributed by atoms with E-state index in [0.29, 0.717) is 19.4 Å². The van der Waals surface area contributed by atoms with Crippen molar-refractivity contribution in [1.29, 1.82) is 0 Å². The van der Waals surface area contributed by atoms with Gasteiger partial charge in [0, 0.05) is 12.8 Å². The molecule has 0 fully saturated rings. The molecule has 0 saturated heterocycles. The predicted octanol–water partition coefficient (Wildman–Crippen LogP) is 17.6. The number of aliphatic hydroxyl groups excluding tert-OH is 2. The Morgan fingerprint density at radius 3 is 1.11 bits per heavy atom. The number of nitrogens with one attached hydrogen (secondary N) is 1. The Hall–Kier alpha value is -1.92. The first kappa shape index (κ1) is 63.1. The zero-order valence-corrected chi connectivity index (χ0v) is 43.5. The van der Waals surface area contributed by atoms with Gasteiger partial charge in [0.05, 0.1) is 25.4 Å². The highest BCUT2D eigenvalue weighted by Crippen LogP contribution is 2.16. The third-order valence-corrected chi connectivity index (χ3v) is 13.1. The Morgan fingerprint density at radius 1 is 0.415 bits per heavy atom. The highest BCUT2D eigenvalue weighted by Gasteiger charge is 2.18. The zero-order chi connectivity index (χ0) is 47.2. The van der Waals surface area contributed by atoms with Crippen molar-refractivity contribution in [2.24, 2.45) is 0 Å². The fourth-order valence-corrected chi connectivity index (χ4v) is 8.68. The molecule has 65 heavy (non-hydrogen) atoms. The fourth-order valence-electron chi connectivity index (χ4n) is 8.68. The molecule has 0 aromatic heterocycles. The van der Waals surface area contributed by atoms with E-state index < -0.39 is 12.1 Å². The molecule has 0 heterocycles. The number of rotatable bonds is 53. The van der Waals surface area contributed by atoms with Crippen molar-refractivity contribution in [3.8, 4) is 0 Å². The fraction of sp³-hybridized carbons (Fsp3) is 0.864. The van der Waals surface area contributed by atoms with E-state index in [9.17, 15) is 19.8 Å². The van der Waals surface area contributed by atoms with Gasteiger partial charge in [-0.2, -0.15) is 0 Å². The maximum atomic E-state index is 12.5. The van der Waals surface area contributed by atoms with Crippen molar-refractivity contribution >= 4 is 11.9 Å². The van der Waals surface area contributed by atoms with Gasteiger partial charge < -0.3 is 20.3 Å². The van der Waals surface area contributed by atoms with Gasteiger partial charge in [0.1, 0.15) is 0 Å². The van der Waals surface area contributed by atoms with E-state index in [1.54, 1.807) is 6.08 Å². The summed E-state index contributed by atoms with van der Waals surface area (Å²) in [4.78, 5) is 24.5. The van der Waals surface area contributed by atoms with Crippen LogP contribution in [0.1, 0.15) is 303 Å². The van der Waals surface area contributed by atoms with Crippen molar-refractivity contribution in [1.82, 2.24) is 5.32 Å². The average molecular weight is 915 g/mol. The molecule has 0 radical (unpaired) electrons. The number of unbranched alkanes of at least 4 members (excludes halogenated alkanes) is 38. The number of aliphatic hydroxyl groups is 2. The van der Waals surface area contributed by atoms with Crippen molar-refractivity contribution in [2.45, 2.75) is 315 Å². The Balaban J connectivity index is 3.52. The van der Waals surface area contributed by atoms with E-state index >= 15 is 0 Å². The van der Waals surface area contributed by atoms with Gasteiger partial charge in [-0.3, -0.25) is 9.59 Å². The SMILES string of the molecule is CCCCCCCC/C=C\CCCCCCCCCC(=O)OCCCCCCCC/C=C\CCCCCC(=O)NC(CO)C(O)/C=C/CCCCCCCCCCCCCCCCCC. The van der Waals surface area contributed by atoms with Gasteiger partial charge in [-0.1, -0.05) is 243 Å². The second kappa shape index (κ2) is 54.7. The van der Waals surface area contributed by atoms with Crippen LogP contribution >= 0.6 is 0 Å². The quantitative estimate of drug-likeness (QED) is 0.0321. The van der Waals surface area contributed by atoms with E-state index in [-0.39, 0.29) is 18.5 Å². The molecule has 0 aliphatic rings. The molecule has 0 rings (SSSR count). The summed E-state index contributed by atoms with van der Waals surface area (Å²) >= 11 is 0. The largest absolute Gasteiger partial charge is 0.466 e. The third-order valence-electron chi connectivity index (χ3n) is 13.1. The summed E-state index contributed by atoms with van der Waals surface area (Å²) in [5.41, 5.74) is 0. The monoisotopic (exact) mass is 914 g/mol. The van der Waals surface area contributed by atoms with Crippen LogP contribution in [-0.4, -0.2) is 47.4 Å². The smallest absolute Gasteiger partial charge is 0.305 e. The van der Waals surface area contributed by atoms with E-state index in [2.05, 4.69) is 43.5 Å². The van der Waals surface area contributed by atoms with Gasteiger partial charge in [-0.15, -0.1) is 0 Å². The Bertz CT molecular complexity index is 1060. The molecule has 2 atom stereocenters. The summed E-state index contributed by atoms with van der Waals surface area (Å²) in [5.74, 6) is -0.114. The molecule has 0 aromatic carbocycles. The van der Waals surface area contributed by atoms with E-state index in [1.165, 1.54) is 205 Å². The van der Waals surface area contributed by atoms with Crippen LogP contribution < -0.4 is 5.32 Å². The normalized spacial score (nSPS) is 12.9. The number of hydrogen-bond acceptors (Lipinski definition) is 5. The number of esters is 1.